The molecule has 0 aliphatic carbocycles. The second-order valence-corrected chi connectivity index (χ2v) is 7.91. The molecule has 0 aromatic heterocycles. The van der Waals surface area contributed by atoms with E-state index in [0.717, 1.165) is 4.90 Å². The minimum Gasteiger partial charge on any atom is -0.443 e. The number of amides is 2. The van der Waals surface area contributed by atoms with E-state index in [9.17, 15) is 14.4 Å². The first-order valence-corrected chi connectivity index (χ1v) is 8.13. The third-order valence-electron chi connectivity index (χ3n) is 3.22. The first-order valence-electron chi connectivity index (χ1n) is 8.13. The number of rotatable bonds is 3. The molecule has 2 atom stereocenters. The molecule has 2 unspecified atom stereocenters. The Morgan fingerprint density at radius 1 is 1.16 bits per heavy atom. The van der Waals surface area contributed by atoms with Crippen molar-refractivity contribution in [2.45, 2.75) is 71.6 Å². The Hall–Kier alpha value is -2.30. The van der Waals surface area contributed by atoms with Crippen LogP contribution in [0.5, 0.6) is 0 Å². The first kappa shape index (κ1) is 20.7. The summed E-state index contributed by atoms with van der Waals surface area (Å²) in [5.41, 5.74) is -1.49. The van der Waals surface area contributed by atoms with Crippen LogP contribution in [0, 0.1) is 17.2 Å². The van der Waals surface area contributed by atoms with E-state index in [1.807, 2.05) is 6.07 Å². The SMILES string of the molecule is CC(C)(C)OC(=O)OCC1CC(CC#N)C(=O)N1C(=O)OC(C)(C)C. The lowest BCUT2D eigenvalue weighted by Gasteiger charge is -2.27. The molecule has 8 heteroatoms. The van der Waals surface area contributed by atoms with Gasteiger partial charge in [-0.15, -0.1) is 0 Å². The Bertz CT molecular complexity index is 567. The van der Waals surface area contributed by atoms with Crippen molar-refractivity contribution in [2.24, 2.45) is 5.92 Å². The molecule has 8 nitrogen and oxygen atoms in total. The number of carbonyl (C=O) groups is 3. The van der Waals surface area contributed by atoms with Gasteiger partial charge in [-0.05, 0) is 48.0 Å². The second-order valence-electron chi connectivity index (χ2n) is 7.91. The summed E-state index contributed by atoms with van der Waals surface area (Å²) in [6.07, 6.45) is -1.47. The smallest absolute Gasteiger partial charge is 0.443 e. The topological polar surface area (TPSA) is 106 Å². The second kappa shape index (κ2) is 7.72. The van der Waals surface area contributed by atoms with Crippen molar-refractivity contribution in [3.63, 3.8) is 0 Å². The fourth-order valence-corrected chi connectivity index (χ4v) is 2.33. The molecule has 25 heavy (non-hydrogen) atoms. The van der Waals surface area contributed by atoms with E-state index in [4.69, 9.17) is 19.5 Å². The molecule has 0 spiro atoms. The van der Waals surface area contributed by atoms with Crippen molar-refractivity contribution in [1.29, 1.82) is 5.26 Å². The van der Waals surface area contributed by atoms with Crippen LogP contribution in [0.3, 0.4) is 0 Å². The molecule has 0 N–H and O–H groups in total. The van der Waals surface area contributed by atoms with Crippen LogP contribution in [0.15, 0.2) is 0 Å². The van der Waals surface area contributed by atoms with Gasteiger partial charge in [0.2, 0.25) is 5.91 Å². The molecule has 0 saturated carbocycles. The zero-order chi connectivity index (χ0) is 19.4. The van der Waals surface area contributed by atoms with E-state index in [0.29, 0.717) is 0 Å². The fraction of sp³-hybridized carbons (Fsp3) is 0.765. The molecule has 2 amide bonds. The van der Waals surface area contributed by atoms with E-state index in [-0.39, 0.29) is 19.4 Å². The van der Waals surface area contributed by atoms with Crippen molar-refractivity contribution >= 4 is 18.2 Å². The predicted octanol–water partition coefficient (Wildman–Crippen LogP) is 3.00. The van der Waals surface area contributed by atoms with Crippen LogP contribution in [-0.2, 0) is 19.0 Å². The van der Waals surface area contributed by atoms with E-state index in [2.05, 4.69) is 0 Å². The molecule has 1 aliphatic rings. The van der Waals surface area contributed by atoms with Crippen molar-refractivity contribution in [3.8, 4) is 6.07 Å². The minimum atomic E-state index is -0.882. The number of nitriles is 1. The van der Waals surface area contributed by atoms with E-state index in [1.165, 1.54) is 0 Å². The van der Waals surface area contributed by atoms with Crippen molar-refractivity contribution in [2.75, 3.05) is 6.61 Å². The lowest BCUT2D eigenvalue weighted by molar-refractivity contribution is -0.131. The van der Waals surface area contributed by atoms with Crippen LogP contribution in [0.1, 0.15) is 54.4 Å². The predicted molar refractivity (Wildman–Crippen MR) is 87.4 cm³/mol. The van der Waals surface area contributed by atoms with E-state index < -0.39 is 41.3 Å². The van der Waals surface area contributed by atoms with Gasteiger partial charge in [0, 0.05) is 6.42 Å². The largest absolute Gasteiger partial charge is 0.508 e. The molecule has 0 bridgehead atoms. The third-order valence-corrected chi connectivity index (χ3v) is 3.22. The summed E-state index contributed by atoms with van der Waals surface area (Å²) in [6, 6.07) is 1.25. The number of nitrogens with zero attached hydrogens (tertiary/aromatic N) is 2. The molecule has 0 aromatic carbocycles. The van der Waals surface area contributed by atoms with Crippen molar-refractivity contribution in [3.05, 3.63) is 0 Å². The molecule has 1 aliphatic heterocycles. The summed E-state index contributed by atoms with van der Waals surface area (Å²) in [6.45, 7) is 9.94. The van der Waals surface area contributed by atoms with Crippen LogP contribution in [-0.4, -0.2) is 46.9 Å². The number of ether oxygens (including phenoxy) is 3. The molecule has 1 fully saturated rings. The third kappa shape index (κ3) is 6.61. The lowest BCUT2D eigenvalue weighted by atomic mass is 10.0. The zero-order valence-electron chi connectivity index (χ0n) is 15.6. The highest BCUT2D eigenvalue weighted by molar-refractivity contribution is 5.95. The number of hydrogen-bond donors (Lipinski definition) is 0. The summed E-state index contributed by atoms with van der Waals surface area (Å²) < 4.78 is 15.3. The van der Waals surface area contributed by atoms with E-state index in [1.54, 1.807) is 41.5 Å². The zero-order valence-corrected chi connectivity index (χ0v) is 15.6. The molecule has 1 heterocycles. The van der Waals surface area contributed by atoms with Gasteiger partial charge in [0.1, 0.15) is 17.8 Å². The van der Waals surface area contributed by atoms with Crippen molar-refractivity contribution in [1.82, 2.24) is 4.90 Å². The van der Waals surface area contributed by atoms with Gasteiger partial charge in [0.25, 0.3) is 0 Å². The molecule has 0 aromatic rings. The maximum atomic E-state index is 12.4. The van der Waals surface area contributed by atoms with Crippen LogP contribution >= 0.6 is 0 Å². The van der Waals surface area contributed by atoms with Crippen molar-refractivity contribution < 1.29 is 28.6 Å². The van der Waals surface area contributed by atoms with E-state index >= 15 is 0 Å². The number of imide groups is 1. The minimum absolute atomic E-state index is 0.0128. The first-order chi connectivity index (χ1) is 11.3. The maximum absolute atomic E-state index is 12.4. The van der Waals surface area contributed by atoms with Crippen LogP contribution in [0.2, 0.25) is 0 Å². The Balaban J connectivity index is 2.82. The highest BCUT2D eigenvalue weighted by Crippen LogP contribution is 2.29. The Labute approximate surface area is 148 Å². The number of hydrogen-bond acceptors (Lipinski definition) is 7. The summed E-state index contributed by atoms with van der Waals surface area (Å²) in [5.74, 6) is -1.11. The number of likely N-dealkylation sites (tertiary alicyclic amines) is 1. The van der Waals surface area contributed by atoms with Gasteiger partial charge >= 0.3 is 12.2 Å². The molecule has 0 radical (unpaired) electrons. The Kier molecular flexibility index (Phi) is 6.41. The Morgan fingerprint density at radius 2 is 1.72 bits per heavy atom. The molecule has 140 valence electrons. The summed E-state index contributed by atoms with van der Waals surface area (Å²) in [7, 11) is 0. The summed E-state index contributed by atoms with van der Waals surface area (Å²) >= 11 is 0. The van der Waals surface area contributed by atoms with Crippen LogP contribution in [0.25, 0.3) is 0 Å². The van der Waals surface area contributed by atoms with Crippen LogP contribution < -0.4 is 0 Å². The van der Waals surface area contributed by atoms with Gasteiger partial charge < -0.3 is 14.2 Å². The molecule has 1 saturated heterocycles. The molecular weight excluding hydrogens is 328 g/mol. The molecule has 1 rings (SSSR count). The van der Waals surface area contributed by atoms with Crippen LogP contribution in [0.4, 0.5) is 9.59 Å². The van der Waals surface area contributed by atoms with Gasteiger partial charge in [0.15, 0.2) is 0 Å². The van der Waals surface area contributed by atoms with Gasteiger partial charge in [-0.1, -0.05) is 0 Å². The van der Waals surface area contributed by atoms with Gasteiger partial charge in [-0.25, -0.2) is 14.5 Å². The quantitative estimate of drug-likeness (QED) is 0.717. The normalized spacial score (nSPS) is 20.8. The summed E-state index contributed by atoms with van der Waals surface area (Å²) in [5, 5.41) is 8.85. The highest BCUT2D eigenvalue weighted by atomic mass is 16.7. The molecular formula is C17H26N2O6. The highest BCUT2D eigenvalue weighted by Gasteiger charge is 2.45. The maximum Gasteiger partial charge on any atom is 0.508 e. The fourth-order valence-electron chi connectivity index (χ4n) is 2.33. The van der Waals surface area contributed by atoms with Gasteiger partial charge in [-0.2, -0.15) is 5.26 Å². The monoisotopic (exact) mass is 354 g/mol. The average molecular weight is 354 g/mol. The van der Waals surface area contributed by atoms with Gasteiger partial charge in [-0.3, -0.25) is 4.79 Å². The standard InChI is InChI=1S/C17H26N2O6/c1-16(2,3)24-14(21)19-12(9-11(7-8-18)13(19)20)10-23-15(22)25-17(4,5)6/h11-12H,7,9-10H2,1-6H3. The number of carbonyl (C=O) groups excluding carboxylic acids is 3. The summed E-state index contributed by atoms with van der Waals surface area (Å²) in [4.78, 5) is 37.4. The Morgan fingerprint density at radius 3 is 2.20 bits per heavy atom. The average Bonchev–Trinajstić information content (AvgIpc) is 2.70. The lowest BCUT2D eigenvalue weighted by Crippen LogP contribution is -2.44. The van der Waals surface area contributed by atoms with Gasteiger partial charge in [0.05, 0.1) is 18.0 Å².